The van der Waals surface area contributed by atoms with E-state index in [1.165, 1.54) is 0 Å². The van der Waals surface area contributed by atoms with Crippen LogP contribution in [0.5, 0.6) is 0 Å². The molecule has 0 aliphatic carbocycles. The Morgan fingerprint density at radius 2 is 1.92 bits per heavy atom. The lowest BCUT2D eigenvalue weighted by molar-refractivity contribution is -0.140. The number of carbonyl (C=O) groups is 3. The van der Waals surface area contributed by atoms with Crippen molar-refractivity contribution in [3.8, 4) is 0 Å². The zero-order valence-corrected chi connectivity index (χ0v) is 14.2. The first-order valence-electron chi connectivity index (χ1n) is 8.51. The largest absolute Gasteiger partial charge is 0.348 e. The van der Waals surface area contributed by atoms with Crippen LogP contribution in [0.1, 0.15) is 17.5 Å². The van der Waals surface area contributed by atoms with Gasteiger partial charge in [-0.1, -0.05) is 36.4 Å². The Morgan fingerprint density at radius 3 is 2.73 bits per heavy atom. The zero-order chi connectivity index (χ0) is 18.4. The van der Waals surface area contributed by atoms with Gasteiger partial charge in [0.15, 0.2) is 0 Å². The Bertz CT molecular complexity index is 807. The van der Waals surface area contributed by atoms with Crippen molar-refractivity contribution in [3.05, 3.63) is 59.8 Å². The molecule has 7 heteroatoms. The van der Waals surface area contributed by atoms with E-state index in [9.17, 15) is 14.4 Å². The standard InChI is InChI=1S/C19H20N4O3/c24-17-15(9-8-14-7-4-11-20-16(14)23-17)22-19(26)18(25)21-12-10-13-5-2-1-3-6-13/h1-7,11,15H,8-10,12H2,(H,21,25)(H,22,26)(H,20,23,24). The van der Waals surface area contributed by atoms with Crippen molar-refractivity contribution in [2.24, 2.45) is 0 Å². The molecule has 1 aliphatic rings. The van der Waals surface area contributed by atoms with Gasteiger partial charge in [0.05, 0.1) is 0 Å². The highest BCUT2D eigenvalue weighted by molar-refractivity contribution is 6.35. The van der Waals surface area contributed by atoms with E-state index in [4.69, 9.17) is 0 Å². The van der Waals surface area contributed by atoms with Crippen molar-refractivity contribution >= 4 is 23.5 Å². The Balaban J connectivity index is 1.49. The summed E-state index contributed by atoms with van der Waals surface area (Å²) in [5.74, 6) is -1.42. The Labute approximate surface area is 151 Å². The van der Waals surface area contributed by atoms with Gasteiger partial charge in [-0.2, -0.15) is 0 Å². The molecule has 3 N–H and O–H groups in total. The van der Waals surface area contributed by atoms with Gasteiger partial charge in [-0.25, -0.2) is 4.98 Å². The van der Waals surface area contributed by atoms with E-state index in [1.54, 1.807) is 12.3 Å². The van der Waals surface area contributed by atoms with Gasteiger partial charge >= 0.3 is 11.8 Å². The maximum absolute atomic E-state index is 12.2. The Hall–Kier alpha value is -3.22. The monoisotopic (exact) mass is 352 g/mol. The van der Waals surface area contributed by atoms with Crippen LogP contribution in [0.15, 0.2) is 48.7 Å². The molecular formula is C19H20N4O3. The minimum atomic E-state index is -0.808. The van der Waals surface area contributed by atoms with Crippen LogP contribution < -0.4 is 16.0 Å². The maximum Gasteiger partial charge on any atom is 0.309 e. The number of amides is 3. The third-order valence-electron chi connectivity index (χ3n) is 4.21. The molecule has 2 heterocycles. The van der Waals surface area contributed by atoms with E-state index < -0.39 is 17.9 Å². The van der Waals surface area contributed by atoms with E-state index >= 15 is 0 Å². The summed E-state index contributed by atoms with van der Waals surface area (Å²) in [4.78, 5) is 40.4. The smallest absolute Gasteiger partial charge is 0.309 e. The number of fused-ring (bicyclic) bond motifs is 1. The molecule has 0 spiro atoms. The number of hydrogen-bond donors (Lipinski definition) is 3. The quantitative estimate of drug-likeness (QED) is 0.709. The van der Waals surface area contributed by atoms with Gasteiger partial charge in [-0.05, 0) is 36.5 Å². The van der Waals surface area contributed by atoms with Gasteiger partial charge in [0.25, 0.3) is 0 Å². The molecule has 1 aromatic heterocycles. The second kappa shape index (κ2) is 8.24. The van der Waals surface area contributed by atoms with Crippen molar-refractivity contribution in [2.45, 2.75) is 25.3 Å². The van der Waals surface area contributed by atoms with Crippen LogP contribution in [0.4, 0.5) is 5.82 Å². The summed E-state index contributed by atoms with van der Waals surface area (Å²) in [5.41, 5.74) is 1.98. The molecular weight excluding hydrogens is 332 g/mol. The first-order chi connectivity index (χ1) is 12.6. The molecule has 0 fully saturated rings. The van der Waals surface area contributed by atoms with Crippen molar-refractivity contribution in [2.75, 3.05) is 11.9 Å². The molecule has 7 nitrogen and oxygen atoms in total. The first-order valence-corrected chi connectivity index (χ1v) is 8.51. The van der Waals surface area contributed by atoms with Gasteiger partial charge in [-0.3, -0.25) is 14.4 Å². The van der Waals surface area contributed by atoms with Crippen LogP contribution in [-0.4, -0.2) is 35.3 Å². The fourth-order valence-electron chi connectivity index (χ4n) is 2.79. The second-order valence-electron chi connectivity index (χ2n) is 6.06. The highest BCUT2D eigenvalue weighted by Crippen LogP contribution is 2.18. The summed E-state index contributed by atoms with van der Waals surface area (Å²) in [6, 6.07) is 12.6. The molecule has 2 aromatic rings. The SMILES string of the molecule is O=C(NCCc1ccccc1)C(=O)NC1CCc2cccnc2NC1=O. The topological polar surface area (TPSA) is 100 Å². The summed E-state index contributed by atoms with van der Waals surface area (Å²) in [6.45, 7) is 0.350. The molecule has 0 radical (unpaired) electrons. The fraction of sp³-hybridized carbons (Fsp3) is 0.263. The van der Waals surface area contributed by atoms with Crippen LogP contribution in [0.25, 0.3) is 0 Å². The van der Waals surface area contributed by atoms with Gasteiger partial charge in [0.1, 0.15) is 11.9 Å². The van der Waals surface area contributed by atoms with Crippen LogP contribution in [0.3, 0.4) is 0 Å². The number of nitrogens with zero attached hydrogens (tertiary/aromatic N) is 1. The molecule has 1 aromatic carbocycles. The predicted molar refractivity (Wildman–Crippen MR) is 96.3 cm³/mol. The predicted octanol–water partition coefficient (Wildman–Crippen LogP) is 0.810. The van der Waals surface area contributed by atoms with Gasteiger partial charge in [-0.15, -0.1) is 0 Å². The normalized spacial score (nSPS) is 16.0. The summed E-state index contributed by atoms with van der Waals surface area (Å²) < 4.78 is 0. The molecule has 1 unspecified atom stereocenters. The minimum Gasteiger partial charge on any atom is -0.348 e. The molecule has 1 aliphatic heterocycles. The fourth-order valence-corrected chi connectivity index (χ4v) is 2.79. The number of nitrogens with one attached hydrogen (secondary N) is 3. The number of hydrogen-bond acceptors (Lipinski definition) is 4. The van der Waals surface area contributed by atoms with Crippen molar-refractivity contribution in [1.29, 1.82) is 0 Å². The van der Waals surface area contributed by atoms with Crippen molar-refractivity contribution in [3.63, 3.8) is 0 Å². The number of pyridine rings is 1. The second-order valence-corrected chi connectivity index (χ2v) is 6.06. The lowest BCUT2D eigenvalue weighted by Crippen LogP contribution is -2.49. The summed E-state index contributed by atoms with van der Waals surface area (Å²) >= 11 is 0. The molecule has 1 atom stereocenters. The molecule has 26 heavy (non-hydrogen) atoms. The number of carbonyl (C=O) groups excluding carboxylic acids is 3. The molecule has 3 amide bonds. The molecule has 0 saturated carbocycles. The van der Waals surface area contributed by atoms with E-state index in [-0.39, 0.29) is 5.91 Å². The maximum atomic E-state index is 12.2. The molecule has 0 saturated heterocycles. The van der Waals surface area contributed by atoms with E-state index in [0.29, 0.717) is 31.6 Å². The highest BCUT2D eigenvalue weighted by atomic mass is 16.2. The van der Waals surface area contributed by atoms with Crippen LogP contribution in [0, 0.1) is 0 Å². The average molecular weight is 352 g/mol. The van der Waals surface area contributed by atoms with Crippen LogP contribution in [-0.2, 0) is 27.2 Å². The third-order valence-corrected chi connectivity index (χ3v) is 4.21. The average Bonchev–Trinajstić information content (AvgIpc) is 2.81. The first kappa shape index (κ1) is 17.6. The lowest BCUT2D eigenvalue weighted by atomic mass is 10.1. The van der Waals surface area contributed by atoms with Gasteiger partial charge in [0, 0.05) is 12.7 Å². The van der Waals surface area contributed by atoms with Gasteiger partial charge in [0.2, 0.25) is 5.91 Å². The van der Waals surface area contributed by atoms with Crippen molar-refractivity contribution < 1.29 is 14.4 Å². The number of anilines is 1. The number of rotatable bonds is 4. The Kier molecular flexibility index (Phi) is 5.58. The summed E-state index contributed by atoms with van der Waals surface area (Å²) in [7, 11) is 0. The minimum absolute atomic E-state index is 0.350. The van der Waals surface area contributed by atoms with Gasteiger partial charge < -0.3 is 16.0 Å². The van der Waals surface area contributed by atoms with Crippen molar-refractivity contribution in [1.82, 2.24) is 15.6 Å². The summed E-state index contributed by atoms with van der Waals surface area (Å²) in [5, 5.41) is 7.76. The Morgan fingerprint density at radius 1 is 1.12 bits per heavy atom. The highest BCUT2D eigenvalue weighted by Gasteiger charge is 2.27. The summed E-state index contributed by atoms with van der Waals surface area (Å²) in [6.07, 6.45) is 3.22. The molecule has 0 bridgehead atoms. The number of aromatic nitrogens is 1. The lowest BCUT2D eigenvalue weighted by Gasteiger charge is -2.14. The van der Waals surface area contributed by atoms with E-state index in [2.05, 4.69) is 20.9 Å². The molecule has 134 valence electrons. The van der Waals surface area contributed by atoms with E-state index in [0.717, 1.165) is 11.1 Å². The number of benzene rings is 1. The van der Waals surface area contributed by atoms with Crippen LogP contribution in [0.2, 0.25) is 0 Å². The molecule has 3 rings (SSSR count). The third kappa shape index (κ3) is 4.44. The number of aryl methyl sites for hydroxylation is 1. The van der Waals surface area contributed by atoms with Crippen LogP contribution >= 0.6 is 0 Å². The zero-order valence-electron chi connectivity index (χ0n) is 14.2. The van der Waals surface area contributed by atoms with E-state index in [1.807, 2.05) is 36.4 Å².